The summed E-state index contributed by atoms with van der Waals surface area (Å²) in [5.41, 5.74) is 3.93. The minimum absolute atomic E-state index is 0.0868. The van der Waals surface area contributed by atoms with Crippen LogP contribution in [0.5, 0.6) is 0 Å². The van der Waals surface area contributed by atoms with Gasteiger partial charge in [-0.1, -0.05) is 18.2 Å². The number of nitrogens with one attached hydrogen (secondary N) is 1. The van der Waals surface area contributed by atoms with Crippen molar-refractivity contribution in [3.05, 3.63) is 53.4 Å². The van der Waals surface area contributed by atoms with Crippen molar-refractivity contribution in [3.63, 3.8) is 0 Å². The third-order valence-corrected chi connectivity index (χ3v) is 3.18. The zero-order valence-corrected chi connectivity index (χ0v) is 12.9. The molecule has 21 heavy (non-hydrogen) atoms. The molecule has 0 aliphatic carbocycles. The van der Waals surface area contributed by atoms with Crippen molar-refractivity contribution in [2.75, 3.05) is 0 Å². The van der Waals surface area contributed by atoms with Crippen LogP contribution in [0, 0.1) is 13.8 Å². The molecule has 2 aromatic rings. The van der Waals surface area contributed by atoms with E-state index >= 15 is 0 Å². The molecule has 0 spiro atoms. The van der Waals surface area contributed by atoms with E-state index in [0.717, 1.165) is 22.6 Å². The van der Waals surface area contributed by atoms with E-state index in [1.165, 1.54) is 0 Å². The lowest BCUT2D eigenvalue weighted by Crippen LogP contribution is -2.28. The third kappa shape index (κ3) is 3.60. The number of nitrogens with zero attached hydrogens (tertiary/aromatic N) is 2. The van der Waals surface area contributed by atoms with Crippen molar-refractivity contribution in [1.82, 2.24) is 15.1 Å². The van der Waals surface area contributed by atoms with Gasteiger partial charge in [-0.2, -0.15) is 5.10 Å². The van der Waals surface area contributed by atoms with Crippen LogP contribution in [0.1, 0.15) is 30.8 Å². The summed E-state index contributed by atoms with van der Waals surface area (Å²) in [5.74, 6) is -0.0868. The van der Waals surface area contributed by atoms with Crippen LogP contribution in [-0.2, 0) is 4.79 Å². The smallest absolute Gasteiger partial charge is 0.244 e. The maximum Gasteiger partial charge on any atom is 0.244 e. The summed E-state index contributed by atoms with van der Waals surface area (Å²) in [6.07, 6.45) is 3.39. The van der Waals surface area contributed by atoms with Gasteiger partial charge in [-0.05, 0) is 45.9 Å². The maximum atomic E-state index is 11.7. The Bertz CT molecular complexity index is 654. The van der Waals surface area contributed by atoms with Crippen molar-refractivity contribution < 1.29 is 4.79 Å². The molecule has 1 N–H and O–H groups in total. The molecule has 4 nitrogen and oxygen atoms in total. The van der Waals surface area contributed by atoms with Gasteiger partial charge >= 0.3 is 0 Å². The van der Waals surface area contributed by atoms with E-state index < -0.39 is 0 Å². The van der Waals surface area contributed by atoms with E-state index in [9.17, 15) is 4.79 Å². The van der Waals surface area contributed by atoms with Crippen molar-refractivity contribution in [1.29, 1.82) is 0 Å². The Hall–Kier alpha value is -2.36. The molecule has 0 saturated heterocycles. The van der Waals surface area contributed by atoms with E-state index in [1.807, 2.05) is 68.8 Å². The maximum absolute atomic E-state index is 11.7. The van der Waals surface area contributed by atoms with Crippen molar-refractivity contribution in [2.24, 2.45) is 0 Å². The number of hydrogen-bond acceptors (Lipinski definition) is 2. The van der Waals surface area contributed by atoms with Gasteiger partial charge in [0, 0.05) is 23.4 Å². The van der Waals surface area contributed by atoms with Crippen LogP contribution in [0.4, 0.5) is 0 Å². The van der Waals surface area contributed by atoms with Crippen LogP contribution >= 0.6 is 0 Å². The Kier molecular flexibility index (Phi) is 4.58. The number of amides is 1. The van der Waals surface area contributed by atoms with Crippen molar-refractivity contribution >= 4 is 12.0 Å². The van der Waals surface area contributed by atoms with Crippen LogP contribution in [0.25, 0.3) is 11.8 Å². The highest BCUT2D eigenvalue weighted by Gasteiger charge is 2.10. The second kappa shape index (κ2) is 6.39. The molecule has 110 valence electrons. The second-order valence-corrected chi connectivity index (χ2v) is 5.33. The average molecular weight is 283 g/mol. The molecule has 0 fully saturated rings. The van der Waals surface area contributed by atoms with Crippen LogP contribution in [-0.4, -0.2) is 21.7 Å². The molecule has 0 aliphatic heterocycles. The van der Waals surface area contributed by atoms with Gasteiger partial charge in [0.25, 0.3) is 0 Å². The Morgan fingerprint density at radius 1 is 1.24 bits per heavy atom. The van der Waals surface area contributed by atoms with Crippen LogP contribution in [0.3, 0.4) is 0 Å². The standard InChI is InChI=1S/C17H21N3O/c1-12(2)18-17(21)11-10-16-13(3)19-20(14(16)4)15-8-6-5-7-9-15/h5-12H,1-4H3,(H,18,21). The van der Waals surface area contributed by atoms with E-state index in [2.05, 4.69) is 10.4 Å². The monoisotopic (exact) mass is 283 g/mol. The molecule has 1 aromatic heterocycles. The highest BCUT2D eigenvalue weighted by Crippen LogP contribution is 2.18. The summed E-state index contributed by atoms with van der Waals surface area (Å²) in [6, 6.07) is 10.1. The van der Waals surface area contributed by atoms with Crippen LogP contribution in [0.15, 0.2) is 36.4 Å². The zero-order valence-electron chi connectivity index (χ0n) is 12.9. The zero-order chi connectivity index (χ0) is 15.4. The van der Waals surface area contributed by atoms with Gasteiger partial charge in [-0.15, -0.1) is 0 Å². The first kappa shape index (κ1) is 15.0. The van der Waals surface area contributed by atoms with Gasteiger partial charge in [0.1, 0.15) is 0 Å². The normalized spacial score (nSPS) is 11.3. The number of rotatable bonds is 4. The SMILES string of the molecule is Cc1nn(-c2ccccc2)c(C)c1C=CC(=O)NC(C)C. The number of hydrogen-bond donors (Lipinski definition) is 1. The number of benzene rings is 1. The summed E-state index contributed by atoms with van der Waals surface area (Å²) in [5, 5.41) is 7.39. The van der Waals surface area contributed by atoms with E-state index in [-0.39, 0.29) is 11.9 Å². The number of carbonyl (C=O) groups excluding carboxylic acids is 1. The first-order valence-electron chi connectivity index (χ1n) is 7.09. The summed E-state index contributed by atoms with van der Waals surface area (Å²) in [6.45, 7) is 7.84. The third-order valence-electron chi connectivity index (χ3n) is 3.18. The average Bonchev–Trinajstić information content (AvgIpc) is 2.72. The first-order valence-corrected chi connectivity index (χ1v) is 7.09. The number of carbonyl (C=O) groups is 1. The highest BCUT2D eigenvalue weighted by atomic mass is 16.1. The summed E-state index contributed by atoms with van der Waals surface area (Å²) in [4.78, 5) is 11.7. The number of para-hydroxylation sites is 1. The predicted molar refractivity (Wildman–Crippen MR) is 85.4 cm³/mol. The second-order valence-electron chi connectivity index (χ2n) is 5.33. The van der Waals surface area contributed by atoms with Gasteiger partial charge in [-0.3, -0.25) is 4.79 Å². The quantitative estimate of drug-likeness (QED) is 0.877. The van der Waals surface area contributed by atoms with Crippen molar-refractivity contribution in [2.45, 2.75) is 33.7 Å². The molecule has 0 aliphatic rings. The van der Waals surface area contributed by atoms with E-state index in [1.54, 1.807) is 6.08 Å². The molecule has 0 radical (unpaired) electrons. The van der Waals surface area contributed by atoms with Gasteiger partial charge < -0.3 is 5.32 Å². The molecule has 0 unspecified atom stereocenters. The molecule has 4 heteroatoms. The Balaban J connectivity index is 2.28. The molecule has 1 amide bonds. The van der Waals surface area contributed by atoms with Crippen LogP contribution in [0.2, 0.25) is 0 Å². The number of aryl methyl sites for hydroxylation is 1. The Morgan fingerprint density at radius 2 is 1.90 bits per heavy atom. The summed E-state index contributed by atoms with van der Waals surface area (Å²) in [7, 11) is 0. The summed E-state index contributed by atoms with van der Waals surface area (Å²) >= 11 is 0. The molecule has 1 aromatic carbocycles. The minimum atomic E-state index is -0.0868. The van der Waals surface area contributed by atoms with Gasteiger partial charge in [0.2, 0.25) is 5.91 Å². The first-order chi connectivity index (χ1) is 9.99. The minimum Gasteiger partial charge on any atom is -0.350 e. The van der Waals surface area contributed by atoms with Gasteiger partial charge in [0.15, 0.2) is 0 Å². The molecular formula is C17H21N3O. The predicted octanol–water partition coefficient (Wildman–Crippen LogP) is 3.03. The lowest BCUT2D eigenvalue weighted by molar-refractivity contribution is -0.116. The largest absolute Gasteiger partial charge is 0.350 e. The lowest BCUT2D eigenvalue weighted by Gasteiger charge is -2.05. The molecule has 0 atom stereocenters. The van der Waals surface area contributed by atoms with Crippen LogP contribution < -0.4 is 5.32 Å². The highest BCUT2D eigenvalue weighted by molar-refractivity contribution is 5.92. The fraction of sp³-hybridized carbons (Fsp3) is 0.294. The topological polar surface area (TPSA) is 46.9 Å². The van der Waals surface area contributed by atoms with E-state index in [0.29, 0.717) is 0 Å². The Morgan fingerprint density at radius 3 is 2.52 bits per heavy atom. The number of aromatic nitrogens is 2. The lowest BCUT2D eigenvalue weighted by atomic mass is 10.2. The molecule has 0 bridgehead atoms. The Labute approximate surface area is 125 Å². The fourth-order valence-electron chi connectivity index (χ4n) is 2.21. The van der Waals surface area contributed by atoms with Gasteiger partial charge in [-0.25, -0.2) is 4.68 Å². The molecule has 1 heterocycles. The fourth-order valence-corrected chi connectivity index (χ4v) is 2.21. The molecule has 0 saturated carbocycles. The van der Waals surface area contributed by atoms with Gasteiger partial charge in [0.05, 0.1) is 11.4 Å². The van der Waals surface area contributed by atoms with E-state index in [4.69, 9.17) is 0 Å². The molecule has 2 rings (SSSR count). The molecular weight excluding hydrogens is 262 g/mol. The van der Waals surface area contributed by atoms with Crippen molar-refractivity contribution in [3.8, 4) is 5.69 Å². The summed E-state index contributed by atoms with van der Waals surface area (Å²) < 4.78 is 1.90.